The van der Waals surface area contributed by atoms with Crippen molar-refractivity contribution in [1.82, 2.24) is 9.78 Å². The Morgan fingerprint density at radius 3 is 2.57 bits per heavy atom. The molecule has 1 heterocycles. The van der Waals surface area contributed by atoms with Crippen molar-refractivity contribution in [3.8, 4) is 0 Å². The first-order chi connectivity index (χ1) is 10.2. The fourth-order valence-corrected chi connectivity index (χ4v) is 4.22. The number of nitrogens with two attached hydrogens (primary N) is 1. The van der Waals surface area contributed by atoms with Gasteiger partial charge in [-0.05, 0) is 50.5 Å². The van der Waals surface area contributed by atoms with Crippen molar-refractivity contribution < 1.29 is 0 Å². The average Bonchev–Trinajstić information content (AvgIpc) is 2.97. The lowest BCUT2D eigenvalue weighted by Gasteiger charge is -2.36. The molecule has 1 aromatic rings. The second kappa shape index (κ2) is 6.51. The van der Waals surface area contributed by atoms with Crippen molar-refractivity contribution >= 4 is 0 Å². The molecule has 3 nitrogen and oxygen atoms in total. The van der Waals surface area contributed by atoms with E-state index in [2.05, 4.69) is 23.9 Å². The number of rotatable bonds is 4. The Hall–Kier alpha value is -0.830. The van der Waals surface area contributed by atoms with Crippen molar-refractivity contribution in [2.75, 3.05) is 0 Å². The van der Waals surface area contributed by atoms with E-state index in [1.807, 2.05) is 0 Å². The Kier molecular flexibility index (Phi) is 4.68. The molecule has 0 radical (unpaired) electrons. The van der Waals surface area contributed by atoms with Gasteiger partial charge in [0.2, 0.25) is 0 Å². The quantitative estimate of drug-likeness (QED) is 0.901. The summed E-state index contributed by atoms with van der Waals surface area (Å²) < 4.78 is 2.22. The van der Waals surface area contributed by atoms with Gasteiger partial charge in [0.1, 0.15) is 0 Å². The first-order valence-electron chi connectivity index (χ1n) is 9.01. The highest BCUT2D eigenvalue weighted by Gasteiger charge is 2.32. The first-order valence-corrected chi connectivity index (χ1v) is 9.01. The highest BCUT2D eigenvalue weighted by molar-refractivity contribution is 5.07. The van der Waals surface area contributed by atoms with Gasteiger partial charge in [-0.15, -0.1) is 0 Å². The van der Waals surface area contributed by atoms with Crippen LogP contribution in [-0.2, 0) is 6.42 Å². The van der Waals surface area contributed by atoms with E-state index in [0.717, 1.165) is 12.3 Å². The number of aromatic nitrogens is 2. The standard InChI is InChI=1S/C18H31N3/c1-2-15-8-11-18(19,12-9-15)14-16-10-13-21(20-16)17-6-4-3-5-7-17/h10,13,15,17H,2-9,11-12,14,19H2,1H3. The molecular formula is C18H31N3. The van der Waals surface area contributed by atoms with Crippen LogP contribution in [0.1, 0.15) is 82.9 Å². The fourth-order valence-electron chi connectivity index (χ4n) is 4.22. The van der Waals surface area contributed by atoms with Crippen LogP contribution in [0.5, 0.6) is 0 Å². The average molecular weight is 289 g/mol. The highest BCUT2D eigenvalue weighted by Crippen LogP contribution is 2.34. The second-order valence-electron chi connectivity index (χ2n) is 7.47. The molecule has 2 aliphatic rings. The topological polar surface area (TPSA) is 43.8 Å². The zero-order valence-electron chi connectivity index (χ0n) is 13.6. The summed E-state index contributed by atoms with van der Waals surface area (Å²) in [5.41, 5.74) is 7.85. The van der Waals surface area contributed by atoms with Gasteiger partial charge in [-0.3, -0.25) is 4.68 Å². The molecule has 1 aromatic heterocycles. The molecule has 0 atom stereocenters. The Labute approximate surface area is 129 Å². The van der Waals surface area contributed by atoms with Gasteiger partial charge in [-0.1, -0.05) is 32.6 Å². The van der Waals surface area contributed by atoms with E-state index in [9.17, 15) is 0 Å². The van der Waals surface area contributed by atoms with E-state index in [-0.39, 0.29) is 5.54 Å². The van der Waals surface area contributed by atoms with Gasteiger partial charge >= 0.3 is 0 Å². The molecular weight excluding hydrogens is 258 g/mol. The molecule has 2 N–H and O–H groups in total. The van der Waals surface area contributed by atoms with Crippen molar-refractivity contribution in [3.63, 3.8) is 0 Å². The largest absolute Gasteiger partial charge is 0.325 e. The van der Waals surface area contributed by atoms with Gasteiger partial charge in [0.25, 0.3) is 0 Å². The number of hydrogen-bond donors (Lipinski definition) is 1. The third kappa shape index (κ3) is 3.68. The minimum Gasteiger partial charge on any atom is -0.325 e. The summed E-state index contributed by atoms with van der Waals surface area (Å²) in [6.07, 6.45) is 16.1. The molecule has 0 bridgehead atoms. The minimum absolute atomic E-state index is 0.00256. The summed E-state index contributed by atoms with van der Waals surface area (Å²) in [6.45, 7) is 2.31. The smallest absolute Gasteiger partial charge is 0.0643 e. The maximum Gasteiger partial charge on any atom is 0.0643 e. The van der Waals surface area contributed by atoms with Crippen LogP contribution in [0.25, 0.3) is 0 Å². The zero-order valence-corrected chi connectivity index (χ0v) is 13.6. The SMILES string of the molecule is CCC1CCC(N)(Cc2ccn(C3CCCCC3)n2)CC1. The van der Waals surface area contributed by atoms with Crippen molar-refractivity contribution in [2.24, 2.45) is 11.7 Å². The summed E-state index contributed by atoms with van der Waals surface area (Å²) in [6, 6.07) is 2.84. The molecule has 3 heteroatoms. The van der Waals surface area contributed by atoms with Crippen LogP contribution in [0, 0.1) is 5.92 Å². The highest BCUT2D eigenvalue weighted by atomic mass is 15.3. The van der Waals surface area contributed by atoms with E-state index in [4.69, 9.17) is 10.8 Å². The van der Waals surface area contributed by atoms with Crippen LogP contribution in [0.15, 0.2) is 12.3 Å². The molecule has 0 aliphatic heterocycles. The fraction of sp³-hybridized carbons (Fsp3) is 0.833. The zero-order chi connectivity index (χ0) is 14.7. The number of hydrogen-bond acceptors (Lipinski definition) is 2. The summed E-state index contributed by atoms with van der Waals surface area (Å²) in [5.74, 6) is 0.904. The van der Waals surface area contributed by atoms with Crippen LogP contribution in [-0.4, -0.2) is 15.3 Å². The summed E-state index contributed by atoms with van der Waals surface area (Å²) in [4.78, 5) is 0. The van der Waals surface area contributed by atoms with Crippen molar-refractivity contribution in [1.29, 1.82) is 0 Å². The van der Waals surface area contributed by atoms with E-state index < -0.39 is 0 Å². The van der Waals surface area contributed by atoms with E-state index in [1.165, 1.54) is 69.9 Å². The lowest BCUT2D eigenvalue weighted by atomic mass is 9.74. The van der Waals surface area contributed by atoms with Crippen LogP contribution >= 0.6 is 0 Å². The van der Waals surface area contributed by atoms with Crippen LogP contribution < -0.4 is 5.73 Å². The van der Waals surface area contributed by atoms with Crippen LogP contribution in [0.4, 0.5) is 0 Å². The van der Waals surface area contributed by atoms with Gasteiger partial charge < -0.3 is 5.73 Å². The van der Waals surface area contributed by atoms with E-state index in [1.54, 1.807) is 0 Å². The molecule has 118 valence electrons. The normalized spacial score (nSPS) is 31.4. The molecule has 2 fully saturated rings. The second-order valence-corrected chi connectivity index (χ2v) is 7.47. The summed E-state index contributed by atoms with van der Waals surface area (Å²) in [7, 11) is 0. The molecule has 3 rings (SSSR count). The predicted octanol–water partition coefficient (Wildman–Crippen LogP) is 4.23. The molecule has 0 aromatic carbocycles. The van der Waals surface area contributed by atoms with Crippen molar-refractivity contribution in [2.45, 2.75) is 89.1 Å². The molecule has 0 saturated heterocycles. The third-order valence-corrected chi connectivity index (χ3v) is 5.82. The van der Waals surface area contributed by atoms with Gasteiger partial charge in [0.15, 0.2) is 0 Å². The van der Waals surface area contributed by atoms with Gasteiger partial charge in [-0.2, -0.15) is 5.10 Å². The maximum absolute atomic E-state index is 6.65. The van der Waals surface area contributed by atoms with Gasteiger partial charge in [0.05, 0.1) is 11.7 Å². The summed E-state index contributed by atoms with van der Waals surface area (Å²) >= 11 is 0. The summed E-state index contributed by atoms with van der Waals surface area (Å²) in [5, 5.41) is 4.85. The number of nitrogens with zero attached hydrogens (tertiary/aromatic N) is 2. The monoisotopic (exact) mass is 289 g/mol. The molecule has 21 heavy (non-hydrogen) atoms. The molecule has 0 amide bonds. The molecule has 0 spiro atoms. The van der Waals surface area contributed by atoms with E-state index >= 15 is 0 Å². The maximum atomic E-state index is 6.65. The van der Waals surface area contributed by atoms with Crippen LogP contribution in [0.3, 0.4) is 0 Å². The lowest BCUT2D eigenvalue weighted by Crippen LogP contribution is -2.45. The Balaban J connectivity index is 1.59. The first kappa shape index (κ1) is 15.1. The van der Waals surface area contributed by atoms with E-state index in [0.29, 0.717) is 6.04 Å². The third-order valence-electron chi connectivity index (χ3n) is 5.82. The van der Waals surface area contributed by atoms with Crippen molar-refractivity contribution in [3.05, 3.63) is 18.0 Å². The minimum atomic E-state index is -0.00256. The Morgan fingerprint density at radius 2 is 1.90 bits per heavy atom. The van der Waals surface area contributed by atoms with Crippen LogP contribution in [0.2, 0.25) is 0 Å². The Morgan fingerprint density at radius 1 is 1.19 bits per heavy atom. The van der Waals surface area contributed by atoms with Gasteiger partial charge in [-0.25, -0.2) is 0 Å². The van der Waals surface area contributed by atoms with Gasteiger partial charge in [0, 0.05) is 18.2 Å². The predicted molar refractivity (Wildman–Crippen MR) is 87.2 cm³/mol. The molecule has 2 aliphatic carbocycles. The lowest BCUT2D eigenvalue weighted by molar-refractivity contribution is 0.226. The Bertz CT molecular complexity index is 437. The molecule has 0 unspecified atom stereocenters. The molecule has 2 saturated carbocycles.